The lowest BCUT2D eigenvalue weighted by molar-refractivity contribution is 0.183. The largest absolute Gasteiger partial charge is 0.508 e. The number of ether oxygens (including phenoxy) is 1. The van der Waals surface area contributed by atoms with Crippen LogP contribution in [0.15, 0.2) is 77.2 Å². The lowest BCUT2D eigenvalue weighted by Gasteiger charge is -2.26. The van der Waals surface area contributed by atoms with Crippen LogP contribution in [0.4, 0.5) is 0 Å². The van der Waals surface area contributed by atoms with Crippen LogP contribution in [0.3, 0.4) is 0 Å². The molecule has 0 bridgehead atoms. The van der Waals surface area contributed by atoms with Gasteiger partial charge in [0, 0.05) is 35.5 Å². The summed E-state index contributed by atoms with van der Waals surface area (Å²) in [5.41, 5.74) is 4.07. The van der Waals surface area contributed by atoms with Crippen LogP contribution in [-0.4, -0.2) is 36.2 Å². The monoisotopic (exact) mass is 463 g/mol. The predicted molar refractivity (Wildman–Crippen MR) is 136 cm³/mol. The second kappa shape index (κ2) is 10.8. The average molecular weight is 464 g/mol. The van der Waals surface area contributed by atoms with Gasteiger partial charge in [-0.3, -0.25) is 4.90 Å². The quantitative estimate of drug-likeness (QED) is 0.332. The van der Waals surface area contributed by atoms with Crippen molar-refractivity contribution in [3.8, 4) is 22.8 Å². The van der Waals surface area contributed by atoms with Crippen LogP contribution in [0.2, 0.25) is 0 Å². The van der Waals surface area contributed by atoms with Gasteiger partial charge in [-0.1, -0.05) is 48.9 Å². The van der Waals surface area contributed by atoms with Gasteiger partial charge in [0.05, 0.1) is 0 Å². The number of phenols is 1. The highest BCUT2D eigenvalue weighted by Gasteiger charge is 2.17. The first kappa shape index (κ1) is 23.2. The van der Waals surface area contributed by atoms with Gasteiger partial charge >= 0.3 is 0 Å². The Balaban J connectivity index is 0.00000259. The fraction of sp³-hybridized carbons (Fsp3) is 0.286. The van der Waals surface area contributed by atoms with Crippen molar-refractivity contribution in [2.24, 2.45) is 0 Å². The fourth-order valence-corrected chi connectivity index (χ4v) is 4.52. The topological polar surface area (TPSA) is 45.8 Å². The molecule has 0 atom stereocenters. The van der Waals surface area contributed by atoms with Crippen LogP contribution < -0.4 is 4.74 Å². The zero-order chi connectivity index (χ0) is 21.8. The Bertz CT molecular complexity index is 1170. The number of piperidine rings is 1. The van der Waals surface area contributed by atoms with Crippen molar-refractivity contribution in [2.75, 3.05) is 26.2 Å². The lowest BCUT2D eigenvalue weighted by Crippen LogP contribution is -2.33. The molecule has 0 unspecified atom stereocenters. The highest BCUT2D eigenvalue weighted by Crippen LogP contribution is 2.36. The molecule has 4 nitrogen and oxygen atoms in total. The molecule has 1 fully saturated rings. The van der Waals surface area contributed by atoms with E-state index in [0.717, 1.165) is 47.6 Å². The van der Waals surface area contributed by atoms with Crippen LogP contribution in [-0.2, 0) is 6.42 Å². The van der Waals surface area contributed by atoms with E-state index in [0.29, 0.717) is 5.58 Å². The number of hydrogen-bond donors (Lipinski definition) is 1. The Labute approximate surface area is 201 Å². The second-order valence-electron chi connectivity index (χ2n) is 8.53. The van der Waals surface area contributed by atoms with E-state index in [-0.39, 0.29) is 18.2 Å². The van der Waals surface area contributed by atoms with Crippen LogP contribution >= 0.6 is 12.4 Å². The zero-order valence-electron chi connectivity index (χ0n) is 18.7. The van der Waals surface area contributed by atoms with E-state index in [1.165, 1.54) is 37.9 Å². The SMILES string of the molecule is Cl.Oc1ccc2c(Cc3ccc(OCCN4CCCCC4)cc3)c(-c3ccccc3)oc2c1. The number of hydrogen-bond acceptors (Lipinski definition) is 4. The first-order valence-electron chi connectivity index (χ1n) is 11.5. The molecule has 3 aromatic carbocycles. The molecule has 0 spiro atoms. The molecule has 1 aromatic heterocycles. The number of aromatic hydroxyl groups is 1. The normalized spacial score (nSPS) is 14.2. The highest BCUT2D eigenvalue weighted by molar-refractivity contribution is 5.89. The summed E-state index contributed by atoms with van der Waals surface area (Å²) >= 11 is 0. The molecule has 4 aromatic rings. The molecule has 5 heteroatoms. The maximum atomic E-state index is 9.90. The summed E-state index contributed by atoms with van der Waals surface area (Å²) in [6.07, 6.45) is 4.72. The first-order chi connectivity index (χ1) is 15.8. The molecule has 0 aliphatic carbocycles. The Morgan fingerprint density at radius 1 is 0.879 bits per heavy atom. The number of phenolic OH excluding ortho intramolecular Hbond substituents is 1. The highest BCUT2D eigenvalue weighted by atomic mass is 35.5. The molecule has 5 rings (SSSR count). The number of nitrogens with zero attached hydrogens (tertiary/aromatic N) is 1. The van der Waals surface area contributed by atoms with Crippen molar-refractivity contribution < 1.29 is 14.3 Å². The third-order valence-corrected chi connectivity index (χ3v) is 6.24. The molecule has 2 heterocycles. The molecule has 1 N–H and O–H groups in total. The van der Waals surface area contributed by atoms with Crippen molar-refractivity contribution in [1.29, 1.82) is 0 Å². The Kier molecular flexibility index (Phi) is 7.58. The maximum absolute atomic E-state index is 9.90. The van der Waals surface area contributed by atoms with E-state index in [1.54, 1.807) is 12.1 Å². The molecular formula is C28H30ClNO3. The predicted octanol–water partition coefficient (Wildman–Crippen LogP) is 6.68. The van der Waals surface area contributed by atoms with E-state index in [1.807, 2.05) is 24.3 Å². The molecule has 0 saturated carbocycles. The summed E-state index contributed by atoms with van der Waals surface area (Å²) in [6, 6.07) is 23.9. The number of fused-ring (bicyclic) bond motifs is 1. The average Bonchev–Trinajstić information content (AvgIpc) is 3.18. The molecule has 0 radical (unpaired) electrons. The lowest BCUT2D eigenvalue weighted by atomic mass is 9.98. The minimum Gasteiger partial charge on any atom is -0.508 e. The molecule has 1 saturated heterocycles. The van der Waals surface area contributed by atoms with Gasteiger partial charge in [0.25, 0.3) is 0 Å². The van der Waals surface area contributed by atoms with Gasteiger partial charge in [-0.2, -0.15) is 0 Å². The number of furan rings is 1. The van der Waals surface area contributed by atoms with E-state index >= 15 is 0 Å². The minimum absolute atomic E-state index is 0. The van der Waals surface area contributed by atoms with Crippen molar-refractivity contribution in [1.82, 2.24) is 4.90 Å². The van der Waals surface area contributed by atoms with Crippen molar-refractivity contribution in [2.45, 2.75) is 25.7 Å². The van der Waals surface area contributed by atoms with Gasteiger partial charge in [-0.05, 0) is 55.8 Å². The Hall–Kier alpha value is -2.95. The van der Waals surface area contributed by atoms with Gasteiger partial charge in [0.1, 0.15) is 29.4 Å². The van der Waals surface area contributed by atoms with Crippen LogP contribution in [0.25, 0.3) is 22.3 Å². The van der Waals surface area contributed by atoms with Gasteiger partial charge in [0.15, 0.2) is 0 Å². The molecular weight excluding hydrogens is 434 g/mol. The molecule has 33 heavy (non-hydrogen) atoms. The van der Waals surface area contributed by atoms with Crippen LogP contribution in [0.5, 0.6) is 11.5 Å². The van der Waals surface area contributed by atoms with E-state index in [9.17, 15) is 5.11 Å². The third kappa shape index (κ3) is 5.52. The summed E-state index contributed by atoms with van der Waals surface area (Å²) in [5, 5.41) is 10.9. The summed E-state index contributed by atoms with van der Waals surface area (Å²) in [4.78, 5) is 2.49. The van der Waals surface area contributed by atoms with Crippen molar-refractivity contribution in [3.63, 3.8) is 0 Å². The van der Waals surface area contributed by atoms with Crippen molar-refractivity contribution in [3.05, 3.63) is 83.9 Å². The molecule has 1 aliphatic heterocycles. The van der Waals surface area contributed by atoms with Crippen LogP contribution in [0.1, 0.15) is 30.4 Å². The molecule has 0 amide bonds. The minimum atomic E-state index is 0. The van der Waals surface area contributed by atoms with Crippen LogP contribution in [0, 0.1) is 0 Å². The fourth-order valence-electron chi connectivity index (χ4n) is 4.52. The summed E-state index contributed by atoms with van der Waals surface area (Å²) < 4.78 is 12.2. The van der Waals surface area contributed by atoms with Gasteiger partial charge < -0.3 is 14.3 Å². The standard InChI is InChI=1S/C28H29NO3.ClH/c30-23-11-14-25-26(28(32-27(25)20-23)22-7-3-1-4-8-22)19-21-9-12-24(13-10-21)31-18-17-29-15-5-2-6-16-29;/h1,3-4,7-14,20,30H,2,5-6,15-19H2;1H. The van der Waals surface area contributed by atoms with E-state index in [4.69, 9.17) is 9.15 Å². The summed E-state index contributed by atoms with van der Waals surface area (Å²) in [6.45, 7) is 4.12. The number of halogens is 1. The van der Waals surface area contributed by atoms with E-state index in [2.05, 4.69) is 41.3 Å². The number of likely N-dealkylation sites (tertiary alicyclic amines) is 1. The summed E-state index contributed by atoms with van der Waals surface area (Å²) in [5.74, 6) is 1.98. The Morgan fingerprint density at radius 2 is 1.64 bits per heavy atom. The van der Waals surface area contributed by atoms with Crippen molar-refractivity contribution >= 4 is 23.4 Å². The second-order valence-corrected chi connectivity index (χ2v) is 8.53. The van der Waals surface area contributed by atoms with E-state index < -0.39 is 0 Å². The van der Waals surface area contributed by atoms with Gasteiger partial charge in [-0.15, -0.1) is 12.4 Å². The number of benzene rings is 3. The maximum Gasteiger partial charge on any atom is 0.138 e. The summed E-state index contributed by atoms with van der Waals surface area (Å²) in [7, 11) is 0. The Morgan fingerprint density at radius 3 is 2.39 bits per heavy atom. The molecule has 172 valence electrons. The smallest absolute Gasteiger partial charge is 0.138 e. The molecule has 1 aliphatic rings. The van der Waals surface area contributed by atoms with Gasteiger partial charge in [-0.25, -0.2) is 0 Å². The van der Waals surface area contributed by atoms with Gasteiger partial charge in [0.2, 0.25) is 0 Å². The first-order valence-corrected chi connectivity index (χ1v) is 11.5. The third-order valence-electron chi connectivity index (χ3n) is 6.24. The zero-order valence-corrected chi connectivity index (χ0v) is 19.5. The number of rotatable bonds is 7.